The van der Waals surface area contributed by atoms with E-state index in [4.69, 9.17) is 5.11 Å². The van der Waals surface area contributed by atoms with Crippen molar-refractivity contribution in [3.05, 3.63) is 42.2 Å². The van der Waals surface area contributed by atoms with Crippen LogP contribution in [0.2, 0.25) is 0 Å². The molecule has 1 amide bonds. The summed E-state index contributed by atoms with van der Waals surface area (Å²) in [6.45, 7) is 5.01. The number of para-hydroxylation sites is 2. The van der Waals surface area contributed by atoms with Gasteiger partial charge in [-0.3, -0.25) is 9.78 Å². The Kier molecular flexibility index (Phi) is 6.88. The summed E-state index contributed by atoms with van der Waals surface area (Å²) in [6, 6.07) is 7.62. The molecular formula is C19H25N3O2. The monoisotopic (exact) mass is 327 g/mol. The lowest BCUT2D eigenvalue weighted by atomic mass is 9.94. The predicted octanol–water partition coefficient (Wildman–Crippen LogP) is 2.80. The number of rotatable bonds is 8. The van der Waals surface area contributed by atoms with E-state index in [1.165, 1.54) is 6.08 Å². The van der Waals surface area contributed by atoms with Crippen LogP contribution in [0.15, 0.2) is 36.5 Å². The number of nitrogens with one attached hydrogen (secondary N) is 1. The number of hydrogen-bond acceptors (Lipinski definition) is 4. The van der Waals surface area contributed by atoms with Crippen LogP contribution in [0.1, 0.15) is 32.4 Å². The molecule has 2 aromatic rings. The molecule has 5 nitrogen and oxygen atoms in total. The lowest BCUT2D eigenvalue weighted by Crippen LogP contribution is -2.29. The fourth-order valence-electron chi connectivity index (χ4n) is 2.67. The number of carbonyl (C=O) groups excluding carboxylic acids is 1. The average molecular weight is 327 g/mol. The van der Waals surface area contributed by atoms with Gasteiger partial charge in [-0.1, -0.05) is 26.0 Å². The Morgan fingerprint density at radius 2 is 2.04 bits per heavy atom. The van der Waals surface area contributed by atoms with Gasteiger partial charge >= 0.3 is 0 Å². The minimum Gasteiger partial charge on any atom is -0.396 e. The maximum Gasteiger partial charge on any atom is 0.244 e. The number of amides is 1. The largest absolute Gasteiger partial charge is 0.396 e. The topological polar surface area (TPSA) is 75.1 Å². The zero-order valence-electron chi connectivity index (χ0n) is 14.3. The van der Waals surface area contributed by atoms with Crippen LogP contribution in [-0.4, -0.2) is 34.1 Å². The predicted molar refractivity (Wildman–Crippen MR) is 96.2 cm³/mol. The summed E-state index contributed by atoms with van der Waals surface area (Å²) in [6.07, 6.45) is 6.49. The molecule has 0 radical (unpaired) electrons. The van der Waals surface area contributed by atoms with E-state index in [2.05, 4.69) is 29.1 Å². The maximum absolute atomic E-state index is 12.0. The van der Waals surface area contributed by atoms with Crippen molar-refractivity contribution in [3.63, 3.8) is 0 Å². The Morgan fingerprint density at radius 1 is 1.29 bits per heavy atom. The van der Waals surface area contributed by atoms with Crippen LogP contribution < -0.4 is 5.32 Å². The summed E-state index contributed by atoms with van der Waals surface area (Å²) in [5.74, 6) is 0.686. The minimum atomic E-state index is -0.156. The Labute approximate surface area is 142 Å². The van der Waals surface area contributed by atoms with E-state index in [1.807, 2.05) is 24.3 Å². The van der Waals surface area contributed by atoms with Gasteiger partial charge in [-0.2, -0.15) is 0 Å². The number of aromatic nitrogens is 2. The summed E-state index contributed by atoms with van der Waals surface area (Å²) in [5, 5.41) is 12.0. The molecule has 0 fully saturated rings. The quantitative estimate of drug-likeness (QED) is 0.731. The fraction of sp³-hybridized carbons (Fsp3) is 0.421. The molecule has 2 N–H and O–H groups in total. The highest BCUT2D eigenvalue weighted by Gasteiger charge is 2.11. The van der Waals surface area contributed by atoms with Crippen LogP contribution in [0.3, 0.4) is 0 Å². The van der Waals surface area contributed by atoms with Gasteiger partial charge in [0.05, 0.1) is 22.9 Å². The lowest BCUT2D eigenvalue weighted by molar-refractivity contribution is -0.116. The fourth-order valence-corrected chi connectivity index (χ4v) is 2.67. The molecule has 1 aromatic carbocycles. The molecule has 0 bridgehead atoms. The highest BCUT2D eigenvalue weighted by atomic mass is 16.3. The van der Waals surface area contributed by atoms with Crippen molar-refractivity contribution in [2.24, 2.45) is 11.8 Å². The maximum atomic E-state index is 12.0. The third-order valence-corrected chi connectivity index (χ3v) is 3.78. The molecule has 128 valence electrons. The first-order chi connectivity index (χ1) is 11.6. The van der Waals surface area contributed by atoms with Crippen LogP contribution >= 0.6 is 0 Å². The van der Waals surface area contributed by atoms with Gasteiger partial charge in [0.15, 0.2) is 0 Å². The molecule has 2 rings (SSSR count). The zero-order chi connectivity index (χ0) is 17.4. The van der Waals surface area contributed by atoms with E-state index < -0.39 is 0 Å². The SMILES string of the molecule is CC(C)CC(CCO)CNC(=O)/C=C/c1cnc2ccccc2n1. The van der Waals surface area contributed by atoms with Crippen molar-refractivity contribution < 1.29 is 9.90 Å². The first-order valence-corrected chi connectivity index (χ1v) is 8.37. The standard InChI is InChI=1S/C19H25N3O2/c1-14(2)11-15(9-10-23)12-21-19(24)8-7-16-13-20-17-5-3-4-6-18(17)22-16/h3-8,13-15,23H,9-12H2,1-2H3,(H,21,24)/b8-7+. The zero-order valence-corrected chi connectivity index (χ0v) is 14.3. The molecule has 0 aliphatic rings. The number of hydrogen-bond donors (Lipinski definition) is 2. The van der Waals surface area contributed by atoms with Gasteiger partial charge in [0.1, 0.15) is 0 Å². The van der Waals surface area contributed by atoms with Crippen LogP contribution in [-0.2, 0) is 4.79 Å². The van der Waals surface area contributed by atoms with Crippen LogP contribution in [0.4, 0.5) is 0 Å². The molecular weight excluding hydrogens is 302 g/mol. The van der Waals surface area contributed by atoms with E-state index in [9.17, 15) is 4.79 Å². The van der Waals surface area contributed by atoms with Crippen LogP contribution in [0.25, 0.3) is 17.1 Å². The Morgan fingerprint density at radius 3 is 2.75 bits per heavy atom. The van der Waals surface area contributed by atoms with E-state index in [0.29, 0.717) is 30.5 Å². The second-order valence-corrected chi connectivity index (χ2v) is 6.37. The van der Waals surface area contributed by atoms with E-state index in [-0.39, 0.29) is 12.5 Å². The van der Waals surface area contributed by atoms with Crippen molar-refractivity contribution in [2.45, 2.75) is 26.7 Å². The molecule has 1 atom stereocenters. The number of fused-ring (bicyclic) bond motifs is 1. The highest BCUT2D eigenvalue weighted by Crippen LogP contribution is 2.14. The van der Waals surface area contributed by atoms with Crippen molar-refractivity contribution in [3.8, 4) is 0 Å². The van der Waals surface area contributed by atoms with E-state index >= 15 is 0 Å². The van der Waals surface area contributed by atoms with Gasteiger partial charge in [-0.15, -0.1) is 0 Å². The number of benzene rings is 1. The number of carbonyl (C=O) groups is 1. The highest BCUT2D eigenvalue weighted by molar-refractivity contribution is 5.91. The third-order valence-electron chi connectivity index (χ3n) is 3.78. The molecule has 1 unspecified atom stereocenters. The molecule has 5 heteroatoms. The molecule has 0 spiro atoms. The van der Waals surface area contributed by atoms with E-state index in [1.54, 1.807) is 12.3 Å². The normalized spacial score (nSPS) is 12.8. The Balaban J connectivity index is 1.91. The van der Waals surface area contributed by atoms with Gasteiger partial charge in [-0.05, 0) is 42.9 Å². The molecule has 0 aliphatic carbocycles. The van der Waals surface area contributed by atoms with Crippen molar-refractivity contribution in [2.75, 3.05) is 13.2 Å². The number of aliphatic hydroxyl groups is 1. The van der Waals surface area contributed by atoms with Gasteiger partial charge in [0, 0.05) is 19.2 Å². The minimum absolute atomic E-state index is 0.149. The Bertz CT molecular complexity index is 698. The first kappa shape index (κ1) is 18.1. The Hall–Kier alpha value is -2.27. The van der Waals surface area contributed by atoms with E-state index in [0.717, 1.165) is 17.5 Å². The molecule has 0 saturated heterocycles. The summed E-state index contributed by atoms with van der Waals surface area (Å²) < 4.78 is 0. The van der Waals surface area contributed by atoms with Crippen LogP contribution in [0.5, 0.6) is 0 Å². The smallest absolute Gasteiger partial charge is 0.244 e. The first-order valence-electron chi connectivity index (χ1n) is 8.37. The number of aliphatic hydroxyl groups excluding tert-OH is 1. The average Bonchev–Trinajstić information content (AvgIpc) is 2.57. The molecule has 0 aliphatic heterocycles. The van der Waals surface area contributed by atoms with Gasteiger partial charge in [0.2, 0.25) is 5.91 Å². The van der Waals surface area contributed by atoms with Gasteiger partial charge < -0.3 is 10.4 Å². The second-order valence-electron chi connectivity index (χ2n) is 6.37. The lowest BCUT2D eigenvalue weighted by Gasteiger charge is -2.18. The summed E-state index contributed by atoms with van der Waals surface area (Å²) in [5.41, 5.74) is 2.29. The van der Waals surface area contributed by atoms with Crippen molar-refractivity contribution in [1.29, 1.82) is 0 Å². The van der Waals surface area contributed by atoms with Crippen molar-refractivity contribution in [1.82, 2.24) is 15.3 Å². The van der Waals surface area contributed by atoms with Crippen molar-refractivity contribution >= 4 is 23.0 Å². The summed E-state index contributed by atoms with van der Waals surface area (Å²) in [7, 11) is 0. The second kappa shape index (κ2) is 9.13. The van der Waals surface area contributed by atoms with Gasteiger partial charge in [0.25, 0.3) is 0 Å². The van der Waals surface area contributed by atoms with Gasteiger partial charge in [-0.25, -0.2) is 4.98 Å². The molecule has 1 heterocycles. The third kappa shape index (κ3) is 5.74. The molecule has 0 saturated carbocycles. The summed E-state index contributed by atoms with van der Waals surface area (Å²) in [4.78, 5) is 20.7. The molecule has 1 aromatic heterocycles. The van der Waals surface area contributed by atoms with Crippen LogP contribution in [0, 0.1) is 11.8 Å². The molecule has 24 heavy (non-hydrogen) atoms. The summed E-state index contributed by atoms with van der Waals surface area (Å²) >= 11 is 0. The number of nitrogens with zero attached hydrogens (tertiary/aromatic N) is 2.